The maximum atomic E-state index is 5.61. The lowest BCUT2D eigenvalue weighted by Gasteiger charge is -2.13. The maximum Gasteiger partial charge on any atom is 0.163 e. The molecule has 0 aliphatic carbocycles. The van der Waals surface area contributed by atoms with Gasteiger partial charge in [-0.05, 0) is 50.8 Å². The number of unbranched alkanes of at least 4 members (excludes halogenated alkanes) is 1. The second-order valence-corrected chi connectivity index (χ2v) is 5.14. The molecule has 19 heavy (non-hydrogen) atoms. The quantitative estimate of drug-likeness (QED) is 0.657. The van der Waals surface area contributed by atoms with Crippen molar-refractivity contribution in [2.24, 2.45) is 0 Å². The third-order valence-corrected chi connectivity index (χ3v) is 3.34. The molecule has 0 aliphatic rings. The molecule has 0 heterocycles. The van der Waals surface area contributed by atoms with E-state index in [1.807, 2.05) is 43.8 Å². The monoisotopic (exact) mass is 283 g/mol. The molecule has 0 saturated heterocycles. The molecule has 1 aromatic carbocycles. The van der Waals surface area contributed by atoms with Crippen LogP contribution >= 0.6 is 11.8 Å². The normalized spacial score (nSPS) is 10.3. The van der Waals surface area contributed by atoms with Crippen molar-refractivity contribution in [3.05, 3.63) is 18.2 Å². The third-order valence-electron chi connectivity index (χ3n) is 2.65. The summed E-state index contributed by atoms with van der Waals surface area (Å²) < 4.78 is 11.2. The van der Waals surface area contributed by atoms with Gasteiger partial charge >= 0.3 is 0 Å². The van der Waals surface area contributed by atoms with E-state index in [0.29, 0.717) is 13.2 Å². The molecule has 0 bridgehead atoms. The number of nitrogens with one attached hydrogen (secondary N) is 1. The van der Waals surface area contributed by atoms with Gasteiger partial charge in [-0.3, -0.25) is 0 Å². The molecule has 0 radical (unpaired) electrons. The first kappa shape index (κ1) is 16.0. The average Bonchev–Trinajstić information content (AvgIpc) is 2.42. The van der Waals surface area contributed by atoms with E-state index in [1.165, 1.54) is 18.6 Å². The van der Waals surface area contributed by atoms with Crippen molar-refractivity contribution in [2.45, 2.75) is 26.7 Å². The second-order valence-electron chi connectivity index (χ2n) is 4.15. The summed E-state index contributed by atoms with van der Waals surface area (Å²) in [7, 11) is 0. The lowest BCUT2D eigenvalue weighted by Crippen LogP contribution is -2.03. The number of rotatable bonds is 10. The molecule has 0 aromatic heterocycles. The fourth-order valence-corrected chi connectivity index (χ4v) is 2.26. The van der Waals surface area contributed by atoms with Gasteiger partial charge in [0.15, 0.2) is 11.5 Å². The van der Waals surface area contributed by atoms with Gasteiger partial charge < -0.3 is 14.8 Å². The van der Waals surface area contributed by atoms with Crippen LogP contribution in [0.25, 0.3) is 0 Å². The van der Waals surface area contributed by atoms with Gasteiger partial charge in [0.25, 0.3) is 0 Å². The van der Waals surface area contributed by atoms with E-state index in [2.05, 4.69) is 11.6 Å². The molecule has 0 amide bonds. The molecule has 1 N–H and O–H groups in total. The van der Waals surface area contributed by atoms with Crippen LogP contribution < -0.4 is 14.8 Å². The lowest BCUT2D eigenvalue weighted by atomic mass is 10.2. The van der Waals surface area contributed by atoms with Crippen LogP contribution in [0.5, 0.6) is 11.5 Å². The van der Waals surface area contributed by atoms with Gasteiger partial charge in [0.1, 0.15) is 0 Å². The zero-order valence-corrected chi connectivity index (χ0v) is 13.0. The minimum atomic E-state index is 0.650. The molecule has 0 unspecified atom stereocenters. The van der Waals surface area contributed by atoms with Gasteiger partial charge in [-0.1, -0.05) is 0 Å². The fraction of sp³-hybridized carbons (Fsp3) is 0.600. The van der Waals surface area contributed by atoms with E-state index in [0.717, 1.165) is 23.7 Å². The van der Waals surface area contributed by atoms with Crippen LogP contribution in [-0.4, -0.2) is 31.8 Å². The number of anilines is 1. The number of hydrogen-bond donors (Lipinski definition) is 1. The highest BCUT2D eigenvalue weighted by molar-refractivity contribution is 7.98. The minimum Gasteiger partial charge on any atom is -0.490 e. The van der Waals surface area contributed by atoms with Gasteiger partial charge in [-0.15, -0.1) is 0 Å². The Hall–Kier alpha value is -1.03. The SMILES string of the molecule is CCOc1ccc(NCCCCSC)cc1OCC. The Morgan fingerprint density at radius 3 is 2.47 bits per heavy atom. The Morgan fingerprint density at radius 2 is 1.79 bits per heavy atom. The van der Waals surface area contributed by atoms with Crippen LogP contribution in [0.15, 0.2) is 18.2 Å². The summed E-state index contributed by atoms with van der Waals surface area (Å²) in [5.74, 6) is 2.87. The Labute approximate surface area is 121 Å². The van der Waals surface area contributed by atoms with E-state index in [4.69, 9.17) is 9.47 Å². The average molecular weight is 283 g/mol. The maximum absolute atomic E-state index is 5.61. The topological polar surface area (TPSA) is 30.5 Å². The largest absolute Gasteiger partial charge is 0.490 e. The predicted molar refractivity (Wildman–Crippen MR) is 84.9 cm³/mol. The first-order valence-electron chi connectivity index (χ1n) is 6.94. The molecule has 0 spiro atoms. The summed E-state index contributed by atoms with van der Waals surface area (Å²) in [5.41, 5.74) is 1.09. The summed E-state index contributed by atoms with van der Waals surface area (Å²) in [4.78, 5) is 0. The predicted octanol–water partition coefficient (Wildman–Crippen LogP) is 4.04. The molecule has 4 heteroatoms. The molecule has 0 saturated carbocycles. The van der Waals surface area contributed by atoms with Crippen molar-refractivity contribution in [3.63, 3.8) is 0 Å². The molecule has 1 aromatic rings. The Kier molecular flexibility index (Phi) is 8.30. The molecule has 0 aliphatic heterocycles. The van der Waals surface area contributed by atoms with Crippen molar-refractivity contribution in [2.75, 3.05) is 37.1 Å². The fourth-order valence-electron chi connectivity index (χ4n) is 1.77. The highest BCUT2D eigenvalue weighted by atomic mass is 32.2. The summed E-state index contributed by atoms with van der Waals surface area (Å²) in [6.07, 6.45) is 4.59. The first-order valence-corrected chi connectivity index (χ1v) is 8.33. The highest BCUT2D eigenvalue weighted by Gasteiger charge is 2.05. The Morgan fingerprint density at radius 1 is 1.05 bits per heavy atom. The lowest BCUT2D eigenvalue weighted by molar-refractivity contribution is 0.288. The van der Waals surface area contributed by atoms with E-state index in [1.54, 1.807) is 0 Å². The van der Waals surface area contributed by atoms with Crippen LogP contribution in [0.4, 0.5) is 5.69 Å². The standard InChI is InChI=1S/C15H25NO2S/c1-4-17-14-9-8-13(12-15(14)18-5-2)16-10-6-7-11-19-3/h8-9,12,16H,4-7,10-11H2,1-3H3. The van der Waals surface area contributed by atoms with Crippen molar-refractivity contribution < 1.29 is 9.47 Å². The van der Waals surface area contributed by atoms with Gasteiger partial charge in [-0.25, -0.2) is 0 Å². The summed E-state index contributed by atoms with van der Waals surface area (Å²) in [6.45, 7) is 6.27. The number of hydrogen-bond acceptors (Lipinski definition) is 4. The van der Waals surface area contributed by atoms with Gasteiger partial charge in [0, 0.05) is 18.3 Å². The summed E-state index contributed by atoms with van der Waals surface area (Å²) in [6, 6.07) is 6.03. The molecule has 0 atom stereocenters. The van der Waals surface area contributed by atoms with Crippen LogP contribution in [0.2, 0.25) is 0 Å². The Balaban J connectivity index is 2.51. The van der Waals surface area contributed by atoms with Gasteiger partial charge in [-0.2, -0.15) is 11.8 Å². The number of benzene rings is 1. The first-order chi connectivity index (χ1) is 9.31. The van der Waals surface area contributed by atoms with Crippen molar-refractivity contribution in [1.82, 2.24) is 0 Å². The summed E-state index contributed by atoms with van der Waals surface area (Å²) in [5, 5.41) is 3.43. The zero-order valence-electron chi connectivity index (χ0n) is 12.2. The minimum absolute atomic E-state index is 0.650. The number of ether oxygens (including phenoxy) is 2. The molecular formula is C15H25NO2S. The van der Waals surface area contributed by atoms with Crippen LogP contribution in [0, 0.1) is 0 Å². The van der Waals surface area contributed by atoms with Crippen molar-refractivity contribution >= 4 is 17.4 Å². The third kappa shape index (κ3) is 6.10. The van der Waals surface area contributed by atoms with E-state index in [9.17, 15) is 0 Å². The number of thioether (sulfide) groups is 1. The molecule has 108 valence electrons. The van der Waals surface area contributed by atoms with Crippen molar-refractivity contribution in [1.29, 1.82) is 0 Å². The Bertz CT molecular complexity index is 358. The summed E-state index contributed by atoms with van der Waals surface area (Å²) >= 11 is 1.90. The molecule has 0 fully saturated rings. The van der Waals surface area contributed by atoms with Crippen LogP contribution in [0.3, 0.4) is 0 Å². The molecule has 3 nitrogen and oxygen atoms in total. The van der Waals surface area contributed by atoms with Crippen LogP contribution in [0.1, 0.15) is 26.7 Å². The highest BCUT2D eigenvalue weighted by Crippen LogP contribution is 2.30. The van der Waals surface area contributed by atoms with E-state index in [-0.39, 0.29) is 0 Å². The molecule has 1 rings (SSSR count). The molecular weight excluding hydrogens is 258 g/mol. The van der Waals surface area contributed by atoms with Crippen molar-refractivity contribution in [3.8, 4) is 11.5 Å². The second kappa shape index (κ2) is 9.84. The van der Waals surface area contributed by atoms with E-state index < -0.39 is 0 Å². The smallest absolute Gasteiger partial charge is 0.163 e. The van der Waals surface area contributed by atoms with Gasteiger partial charge in [0.2, 0.25) is 0 Å². The van der Waals surface area contributed by atoms with Gasteiger partial charge in [0.05, 0.1) is 13.2 Å². The van der Waals surface area contributed by atoms with E-state index >= 15 is 0 Å². The zero-order chi connectivity index (χ0) is 13.9. The van der Waals surface area contributed by atoms with Crippen LogP contribution in [-0.2, 0) is 0 Å².